The van der Waals surface area contributed by atoms with Crippen LogP contribution in [0.4, 0.5) is 0 Å². The molecule has 0 radical (unpaired) electrons. The summed E-state index contributed by atoms with van der Waals surface area (Å²) in [7, 11) is 3.52. The Labute approximate surface area is 134 Å². The Hall–Kier alpha value is -1.22. The van der Waals surface area contributed by atoms with Gasteiger partial charge in [0.1, 0.15) is 11.5 Å². The van der Waals surface area contributed by atoms with Crippen LogP contribution in [0.25, 0.3) is 0 Å². The molecule has 3 rings (SSSR count). The number of ether oxygens (including phenoxy) is 2. The molecule has 0 unspecified atom stereocenters. The second-order valence-corrected chi connectivity index (χ2v) is 6.68. The molecule has 0 atom stereocenters. The third-order valence-electron chi connectivity index (χ3n) is 5.48. The molecule has 0 amide bonds. The molecule has 3 nitrogen and oxygen atoms in total. The molecule has 0 spiro atoms. The summed E-state index contributed by atoms with van der Waals surface area (Å²) in [6.45, 7) is 2.63. The van der Waals surface area contributed by atoms with Crippen molar-refractivity contribution in [1.29, 1.82) is 0 Å². The number of rotatable bonds is 4. The van der Waals surface area contributed by atoms with E-state index in [1.165, 1.54) is 63.6 Å². The van der Waals surface area contributed by atoms with Crippen molar-refractivity contribution in [2.45, 2.75) is 56.9 Å². The molecule has 1 aromatic carbocycles. The molecule has 1 aliphatic carbocycles. The van der Waals surface area contributed by atoms with Crippen molar-refractivity contribution in [3.63, 3.8) is 0 Å². The van der Waals surface area contributed by atoms with E-state index >= 15 is 0 Å². The first-order chi connectivity index (χ1) is 10.8. The summed E-state index contributed by atoms with van der Waals surface area (Å²) in [6.07, 6.45) is 9.32. The Kier molecular flexibility index (Phi) is 5.24. The molecule has 0 bridgehead atoms. The van der Waals surface area contributed by atoms with Crippen LogP contribution in [0.2, 0.25) is 0 Å². The molecule has 2 fully saturated rings. The highest BCUT2D eigenvalue weighted by Crippen LogP contribution is 2.43. The topological polar surface area (TPSA) is 21.7 Å². The largest absolute Gasteiger partial charge is 0.496 e. The number of likely N-dealkylation sites (tertiary alicyclic amines) is 1. The summed E-state index contributed by atoms with van der Waals surface area (Å²) in [5, 5.41) is 0. The van der Waals surface area contributed by atoms with Gasteiger partial charge in [-0.15, -0.1) is 0 Å². The minimum Gasteiger partial charge on any atom is -0.496 e. The molecule has 1 aliphatic heterocycles. The lowest BCUT2D eigenvalue weighted by molar-refractivity contribution is 0.124. The molecular weight excluding hydrogens is 274 g/mol. The van der Waals surface area contributed by atoms with E-state index in [0.29, 0.717) is 5.92 Å². The van der Waals surface area contributed by atoms with Gasteiger partial charge in [0.05, 0.1) is 14.2 Å². The van der Waals surface area contributed by atoms with Crippen LogP contribution in [0.3, 0.4) is 0 Å². The van der Waals surface area contributed by atoms with Crippen LogP contribution in [0.15, 0.2) is 18.2 Å². The second-order valence-electron chi connectivity index (χ2n) is 6.68. The third-order valence-corrected chi connectivity index (χ3v) is 5.48. The Morgan fingerprint density at radius 3 is 2.00 bits per heavy atom. The van der Waals surface area contributed by atoms with Crippen LogP contribution in [-0.2, 0) is 0 Å². The van der Waals surface area contributed by atoms with Crippen molar-refractivity contribution >= 4 is 0 Å². The van der Waals surface area contributed by atoms with E-state index in [4.69, 9.17) is 9.47 Å². The fourth-order valence-corrected chi connectivity index (χ4v) is 4.30. The van der Waals surface area contributed by atoms with Gasteiger partial charge in [0.2, 0.25) is 0 Å². The maximum atomic E-state index is 5.59. The fraction of sp³-hybridized carbons (Fsp3) is 0.684. The molecule has 22 heavy (non-hydrogen) atoms. The van der Waals surface area contributed by atoms with Crippen molar-refractivity contribution in [3.05, 3.63) is 23.8 Å². The zero-order chi connectivity index (χ0) is 15.4. The predicted octanol–water partition coefficient (Wildman–Crippen LogP) is 4.22. The highest BCUT2D eigenvalue weighted by molar-refractivity contribution is 5.47. The van der Waals surface area contributed by atoms with Crippen LogP contribution in [-0.4, -0.2) is 38.3 Å². The molecule has 1 saturated heterocycles. The standard InChI is InChI=1S/C19H29NO2/c1-21-17-7-6-8-18(22-2)19(17)15-9-11-16(12-10-15)20-13-4-3-5-14-20/h6-8,15-16H,3-5,9-14H2,1-2H3. The van der Waals surface area contributed by atoms with E-state index in [1.807, 2.05) is 6.07 Å². The van der Waals surface area contributed by atoms with Gasteiger partial charge in [-0.2, -0.15) is 0 Å². The number of piperidine rings is 1. The monoisotopic (exact) mass is 303 g/mol. The van der Waals surface area contributed by atoms with Crippen molar-refractivity contribution in [2.75, 3.05) is 27.3 Å². The highest BCUT2D eigenvalue weighted by atomic mass is 16.5. The van der Waals surface area contributed by atoms with E-state index in [1.54, 1.807) is 14.2 Å². The van der Waals surface area contributed by atoms with Gasteiger partial charge < -0.3 is 14.4 Å². The second kappa shape index (κ2) is 7.36. The van der Waals surface area contributed by atoms with Crippen molar-refractivity contribution in [2.24, 2.45) is 0 Å². The minimum atomic E-state index is 0.576. The lowest BCUT2D eigenvalue weighted by Crippen LogP contribution is -2.41. The lowest BCUT2D eigenvalue weighted by atomic mass is 9.80. The van der Waals surface area contributed by atoms with E-state index in [-0.39, 0.29) is 0 Å². The minimum absolute atomic E-state index is 0.576. The first-order valence-electron chi connectivity index (χ1n) is 8.78. The van der Waals surface area contributed by atoms with Gasteiger partial charge in [0.25, 0.3) is 0 Å². The number of nitrogens with zero attached hydrogens (tertiary/aromatic N) is 1. The average Bonchev–Trinajstić information content (AvgIpc) is 2.62. The van der Waals surface area contributed by atoms with Gasteiger partial charge in [0, 0.05) is 11.6 Å². The van der Waals surface area contributed by atoms with Crippen LogP contribution in [0, 0.1) is 0 Å². The summed E-state index contributed by atoms with van der Waals surface area (Å²) < 4.78 is 11.2. The Morgan fingerprint density at radius 1 is 0.864 bits per heavy atom. The summed E-state index contributed by atoms with van der Waals surface area (Å²) >= 11 is 0. The smallest absolute Gasteiger partial charge is 0.126 e. The quantitative estimate of drug-likeness (QED) is 0.831. The maximum Gasteiger partial charge on any atom is 0.126 e. The zero-order valence-corrected chi connectivity index (χ0v) is 14.0. The van der Waals surface area contributed by atoms with Crippen LogP contribution in [0.5, 0.6) is 11.5 Å². The van der Waals surface area contributed by atoms with Gasteiger partial charge in [-0.3, -0.25) is 0 Å². The number of hydrogen-bond donors (Lipinski definition) is 0. The average molecular weight is 303 g/mol. The third kappa shape index (κ3) is 3.24. The zero-order valence-electron chi connectivity index (χ0n) is 14.0. The van der Waals surface area contributed by atoms with E-state index in [9.17, 15) is 0 Å². The highest BCUT2D eigenvalue weighted by Gasteiger charge is 2.30. The number of benzene rings is 1. The first-order valence-corrected chi connectivity index (χ1v) is 8.78. The van der Waals surface area contributed by atoms with Gasteiger partial charge in [0.15, 0.2) is 0 Å². The first kappa shape index (κ1) is 15.7. The molecule has 1 saturated carbocycles. The SMILES string of the molecule is COc1cccc(OC)c1C1CCC(N2CCCCC2)CC1. The predicted molar refractivity (Wildman–Crippen MR) is 90.0 cm³/mol. The van der Waals surface area contributed by atoms with Gasteiger partial charge in [-0.25, -0.2) is 0 Å². The molecule has 2 aliphatic rings. The van der Waals surface area contributed by atoms with Crippen LogP contribution in [0.1, 0.15) is 56.4 Å². The van der Waals surface area contributed by atoms with Gasteiger partial charge >= 0.3 is 0 Å². The van der Waals surface area contributed by atoms with Crippen molar-refractivity contribution in [1.82, 2.24) is 4.90 Å². The number of methoxy groups -OCH3 is 2. The summed E-state index contributed by atoms with van der Waals surface area (Å²) in [6, 6.07) is 6.95. The molecule has 1 heterocycles. The Morgan fingerprint density at radius 2 is 1.45 bits per heavy atom. The Bertz CT molecular complexity index is 452. The Balaban J connectivity index is 1.68. The molecule has 1 aromatic rings. The van der Waals surface area contributed by atoms with Crippen molar-refractivity contribution < 1.29 is 9.47 Å². The molecule has 122 valence electrons. The summed E-state index contributed by atoms with van der Waals surface area (Å²) in [5.41, 5.74) is 1.28. The summed E-state index contributed by atoms with van der Waals surface area (Å²) in [5.74, 6) is 2.55. The normalized spacial score (nSPS) is 26.6. The van der Waals surface area contributed by atoms with Gasteiger partial charge in [-0.1, -0.05) is 12.5 Å². The van der Waals surface area contributed by atoms with Crippen molar-refractivity contribution in [3.8, 4) is 11.5 Å². The fourth-order valence-electron chi connectivity index (χ4n) is 4.30. The molecule has 0 N–H and O–H groups in total. The summed E-state index contributed by atoms with van der Waals surface area (Å²) in [4.78, 5) is 2.74. The van der Waals surface area contributed by atoms with E-state index < -0.39 is 0 Å². The molecule has 0 aromatic heterocycles. The van der Waals surface area contributed by atoms with Crippen LogP contribution < -0.4 is 9.47 Å². The molecule has 3 heteroatoms. The van der Waals surface area contributed by atoms with E-state index in [0.717, 1.165) is 17.5 Å². The lowest BCUT2D eigenvalue weighted by Gasteiger charge is -2.39. The van der Waals surface area contributed by atoms with Gasteiger partial charge in [-0.05, 0) is 69.7 Å². The number of hydrogen-bond acceptors (Lipinski definition) is 3. The maximum absolute atomic E-state index is 5.59. The van der Waals surface area contributed by atoms with Crippen LogP contribution >= 0.6 is 0 Å². The van der Waals surface area contributed by atoms with E-state index in [2.05, 4.69) is 17.0 Å². The molecular formula is C19H29NO2.